The molecular weight excluding hydrogens is 354 g/mol. The Hall–Kier alpha value is -2.68. The zero-order valence-corrected chi connectivity index (χ0v) is 15.8. The minimum atomic E-state index is -0.781. The van der Waals surface area contributed by atoms with Crippen LogP contribution in [0.1, 0.15) is 37.6 Å². The number of amides is 1. The molecule has 1 fully saturated rings. The number of hydrogen-bond donors (Lipinski definition) is 1. The Morgan fingerprint density at radius 2 is 2.00 bits per heavy atom. The van der Waals surface area contributed by atoms with Crippen LogP contribution >= 0.6 is 0 Å². The number of nitrogens with zero attached hydrogens (tertiary/aromatic N) is 2. The molecule has 0 radical (unpaired) electrons. The summed E-state index contributed by atoms with van der Waals surface area (Å²) in [6.07, 6.45) is 0.724. The maximum absolute atomic E-state index is 12.2. The van der Waals surface area contributed by atoms with Gasteiger partial charge in [0.25, 0.3) is 11.6 Å². The van der Waals surface area contributed by atoms with Gasteiger partial charge in [-0.25, -0.2) is 4.79 Å². The van der Waals surface area contributed by atoms with Gasteiger partial charge in [-0.2, -0.15) is 0 Å². The van der Waals surface area contributed by atoms with Gasteiger partial charge in [-0.15, -0.1) is 0 Å². The van der Waals surface area contributed by atoms with Gasteiger partial charge in [0.2, 0.25) is 0 Å². The maximum Gasteiger partial charge on any atom is 0.338 e. The van der Waals surface area contributed by atoms with Gasteiger partial charge in [-0.1, -0.05) is 6.92 Å². The molecule has 0 spiro atoms. The van der Waals surface area contributed by atoms with E-state index in [9.17, 15) is 19.7 Å². The molecule has 1 aliphatic heterocycles. The molecular formula is C18H25N3O6. The summed E-state index contributed by atoms with van der Waals surface area (Å²) in [6.45, 7) is 7.27. The summed E-state index contributed by atoms with van der Waals surface area (Å²) in [4.78, 5) is 36.8. The van der Waals surface area contributed by atoms with E-state index in [2.05, 4.69) is 5.32 Å². The molecule has 1 aromatic rings. The third-order valence-corrected chi connectivity index (χ3v) is 4.46. The van der Waals surface area contributed by atoms with Crippen molar-refractivity contribution in [3.63, 3.8) is 0 Å². The molecule has 0 aromatic heterocycles. The highest BCUT2D eigenvalue weighted by atomic mass is 16.6. The van der Waals surface area contributed by atoms with E-state index >= 15 is 0 Å². The third-order valence-electron chi connectivity index (χ3n) is 4.46. The van der Waals surface area contributed by atoms with Crippen molar-refractivity contribution in [3.8, 4) is 0 Å². The predicted octanol–water partition coefficient (Wildman–Crippen LogP) is 1.89. The van der Waals surface area contributed by atoms with Crippen molar-refractivity contribution in [3.05, 3.63) is 33.9 Å². The van der Waals surface area contributed by atoms with Gasteiger partial charge < -0.3 is 19.7 Å². The number of carbonyl (C=O) groups excluding carboxylic acids is 2. The van der Waals surface area contributed by atoms with Crippen molar-refractivity contribution in [2.45, 2.75) is 32.7 Å². The van der Waals surface area contributed by atoms with Crippen molar-refractivity contribution < 1.29 is 24.0 Å². The lowest BCUT2D eigenvalue weighted by molar-refractivity contribution is -0.384. The lowest BCUT2D eigenvalue weighted by Gasteiger charge is -2.28. The van der Waals surface area contributed by atoms with Crippen molar-refractivity contribution in [1.29, 1.82) is 0 Å². The molecule has 2 rings (SSSR count). The van der Waals surface area contributed by atoms with E-state index in [1.165, 1.54) is 18.2 Å². The van der Waals surface area contributed by atoms with Crippen LogP contribution in [-0.2, 0) is 14.3 Å². The van der Waals surface area contributed by atoms with E-state index < -0.39 is 28.9 Å². The van der Waals surface area contributed by atoms with E-state index in [0.717, 1.165) is 6.42 Å². The van der Waals surface area contributed by atoms with Crippen LogP contribution in [0.4, 0.5) is 11.4 Å². The second-order valence-corrected chi connectivity index (χ2v) is 6.92. The molecule has 0 aliphatic carbocycles. The number of hydrogen-bond acceptors (Lipinski definition) is 7. The Bertz CT molecular complexity index is 713. The second kappa shape index (κ2) is 8.81. The molecule has 27 heavy (non-hydrogen) atoms. The van der Waals surface area contributed by atoms with Crippen LogP contribution in [-0.4, -0.2) is 55.2 Å². The standard InChI is InChI=1S/C18H25N3O6/c1-4-18(2,3)19-16(22)12-27-17(23)13-5-6-14(15(11-13)21(24)25)20-7-9-26-10-8-20/h5-6,11H,4,7-10,12H2,1-3H3,(H,19,22). The lowest BCUT2D eigenvalue weighted by Crippen LogP contribution is -2.44. The van der Waals surface area contributed by atoms with Gasteiger partial charge in [-0.05, 0) is 32.4 Å². The molecule has 1 heterocycles. The molecule has 1 N–H and O–H groups in total. The SMILES string of the molecule is CCC(C)(C)NC(=O)COC(=O)c1ccc(N2CCOCC2)c([N+](=O)[O-])c1. The molecule has 9 heteroatoms. The monoisotopic (exact) mass is 379 g/mol. The minimum Gasteiger partial charge on any atom is -0.452 e. The summed E-state index contributed by atoms with van der Waals surface area (Å²) < 4.78 is 10.3. The van der Waals surface area contributed by atoms with Gasteiger partial charge in [0.1, 0.15) is 5.69 Å². The number of esters is 1. The van der Waals surface area contributed by atoms with Crippen LogP contribution in [0.3, 0.4) is 0 Å². The summed E-state index contributed by atoms with van der Waals surface area (Å²) >= 11 is 0. The molecule has 0 unspecified atom stereocenters. The first-order chi connectivity index (χ1) is 12.7. The quantitative estimate of drug-likeness (QED) is 0.437. The largest absolute Gasteiger partial charge is 0.452 e. The topological polar surface area (TPSA) is 111 Å². The van der Waals surface area contributed by atoms with E-state index in [-0.39, 0.29) is 11.3 Å². The highest BCUT2D eigenvalue weighted by Gasteiger charge is 2.24. The fourth-order valence-electron chi connectivity index (χ4n) is 2.58. The molecule has 1 aliphatic rings. The van der Waals surface area contributed by atoms with Crippen molar-refractivity contribution in [2.24, 2.45) is 0 Å². The number of nitrogens with one attached hydrogen (secondary N) is 1. The molecule has 1 amide bonds. The summed E-state index contributed by atoms with van der Waals surface area (Å²) in [5.74, 6) is -1.20. The average Bonchev–Trinajstić information content (AvgIpc) is 2.66. The molecule has 0 bridgehead atoms. The van der Waals surface area contributed by atoms with Crippen LogP contribution in [0.2, 0.25) is 0 Å². The van der Waals surface area contributed by atoms with Crippen LogP contribution in [0.5, 0.6) is 0 Å². The first-order valence-corrected chi connectivity index (χ1v) is 8.83. The van der Waals surface area contributed by atoms with Gasteiger partial charge in [0.05, 0.1) is 23.7 Å². The maximum atomic E-state index is 12.2. The number of rotatable bonds is 7. The Morgan fingerprint density at radius 3 is 2.59 bits per heavy atom. The number of carbonyl (C=O) groups is 2. The molecule has 148 valence electrons. The van der Waals surface area contributed by atoms with E-state index in [0.29, 0.717) is 32.0 Å². The number of benzene rings is 1. The zero-order chi connectivity index (χ0) is 20.0. The Kier molecular flexibility index (Phi) is 6.73. The fraction of sp³-hybridized carbons (Fsp3) is 0.556. The number of nitro benzene ring substituents is 1. The number of ether oxygens (including phenoxy) is 2. The summed E-state index contributed by atoms with van der Waals surface area (Å²) in [6, 6.07) is 4.18. The third kappa shape index (κ3) is 5.65. The minimum absolute atomic E-state index is 0.0289. The smallest absolute Gasteiger partial charge is 0.338 e. The van der Waals surface area contributed by atoms with Crippen LogP contribution in [0, 0.1) is 10.1 Å². The number of morpholine rings is 1. The first kappa shape index (κ1) is 20.6. The summed E-state index contributed by atoms with van der Waals surface area (Å²) in [7, 11) is 0. The van der Waals surface area contributed by atoms with E-state index in [1.807, 2.05) is 25.7 Å². The van der Waals surface area contributed by atoms with Crippen LogP contribution < -0.4 is 10.2 Å². The van der Waals surface area contributed by atoms with Gasteiger partial charge >= 0.3 is 5.97 Å². The second-order valence-electron chi connectivity index (χ2n) is 6.92. The van der Waals surface area contributed by atoms with Crippen molar-refractivity contribution in [1.82, 2.24) is 5.32 Å². The van der Waals surface area contributed by atoms with Crippen molar-refractivity contribution in [2.75, 3.05) is 37.8 Å². The highest BCUT2D eigenvalue weighted by Crippen LogP contribution is 2.30. The molecule has 1 aromatic carbocycles. The fourth-order valence-corrected chi connectivity index (χ4v) is 2.58. The summed E-state index contributed by atoms with van der Waals surface area (Å²) in [5.41, 5.74) is -0.117. The molecule has 0 atom stereocenters. The summed E-state index contributed by atoms with van der Waals surface area (Å²) in [5, 5.41) is 14.2. The van der Waals surface area contributed by atoms with Crippen molar-refractivity contribution >= 4 is 23.3 Å². The normalized spacial score (nSPS) is 14.6. The Labute approximate surface area is 157 Å². The molecule has 9 nitrogen and oxygen atoms in total. The van der Waals surface area contributed by atoms with Crippen LogP contribution in [0.15, 0.2) is 18.2 Å². The van der Waals surface area contributed by atoms with Gasteiger partial charge in [-0.3, -0.25) is 14.9 Å². The van der Waals surface area contributed by atoms with E-state index in [1.54, 1.807) is 0 Å². The first-order valence-electron chi connectivity index (χ1n) is 8.83. The number of anilines is 1. The molecule has 1 saturated heterocycles. The Balaban J connectivity index is 2.07. The number of nitro groups is 1. The molecule has 0 saturated carbocycles. The highest BCUT2D eigenvalue weighted by molar-refractivity contribution is 5.93. The lowest BCUT2D eigenvalue weighted by atomic mass is 10.0. The zero-order valence-electron chi connectivity index (χ0n) is 15.8. The van der Waals surface area contributed by atoms with Gasteiger partial charge in [0, 0.05) is 24.7 Å². The average molecular weight is 379 g/mol. The Morgan fingerprint density at radius 1 is 1.33 bits per heavy atom. The van der Waals surface area contributed by atoms with E-state index in [4.69, 9.17) is 9.47 Å². The van der Waals surface area contributed by atoms with Crippen LogP contribution in [0.25, 0.3) is 0 Å². The van der Waals surface area contributed by atoms with Gasteiger partial charge in [0.15, 0.2) is 6.61 Å². The predicted molar refractivity (Wildman–Crippen MR) is 98.9 cm³/mol.